The topological polar surface area (TPSA) is 67.6 Å². The summed E-state index contributed by atoms with van der Waals surface area (Å²) in [6.45, 7) is 10.1. The second-order valence-corrected chi connectivity index (χ2v) is 5.14. The third-order valence-electron chi connectivity index (χ3n) is 2.97. The van der Waals surface area contributed by atoms with Gasteiger partial charge in [0.25, 0.3) is 5.91 Å². The monoisotopic (exact) mass is 279 g/mol. The van der Waals surface area contributed by atoms with Crippen molar-refractivity contribution in [3.63, 3.8) is 0 Å². The number of nitrogens with zero attached hydrogens (tertiary/aromatic N) is 1. The molecular formula is C15H25N3O2. The van der Waals surface area contributed by atoms with E-state index in [1.807, 2.05) is 6.07 Å². The molecule has 0 atom stereocenters. The summed E-state index contributed by atoms with van der Waals surface area (Å²) in [6.07, 6.45) is 0. The van der Waals surface area contributed by atoms with Crippen LogP contribution in [0.15, 0.2) is 24.3 Å². The average molecular weight is 279 g/mol. The minimum absolute atomic E-state index is 0.314. The number of nitrogens with two attached hydrogens (primary N) is 1. The van der Waals surface area contributed by atoms with Gasteiger partial charge in [-0.3, -0.25) is 15.1 Å². The SMILES string of the molecule is CCN(CCOc1cccc(C(=O)NN)c1)CC(C)C. The fourth-order valence-corrected chi connectivity index (χ4v) is 2.00. The van der Waals surface area contributed by atoms with Gasteiger partial charge in [0, 0.05) is 18.7 Å². The number of likely N-dealkylation sites (N-methyl/N-ethyl adjacent to an activating group) is 1. The molecule has 1 aromatic carbocycles. The van der Waals surface area contributed by atoms with E-state index in [4.69, 9.17) is 10.6 Å². The fraction of sp³-hybridized carbons (Fsp3) is 0.533. The van der Waals surface area contributed by atoms with Gasteiger partial charge in [0.15, 0.2) is 0 Å². The lowest BCUT2D eigenvalue weighted by atomic mass is 10.2. The van der Waals surface area contributed by atoms with E-state index >= 15 is 0 Å². The molecule has 0 aliphatic heterocycles. The Balaban J connectivity index is 2.47. The number of rotatable bonds is 8. The number of carbonyl (C=O) groups excluding carboxylic acids is 1. The maximum absolute atomic E-state index is 11.4. The second-order valence-electron chi connectivity index (χ2n) is 5.14. The highest BCUT2D eigenvalue weighted by molar-refractivity contribution is 5.94. The Labute approximate surface area is 121 Å². The standard InChI is InChI=1S/C15H25N3O2/c1-4-18(11-12(2)3)8-9-20-14-7-5-6-13(10-14)15(19)17-16/h5-7,10,12H,4,8-9,11,16H2,1-3H3,(H,17,19). The van der Waals surface area contributed by atoms with Gasteiger partial charge in [-0.25, -0.2) is 5.84 Å². The number of hydrogen-bond donors (Lipinski definition) is 2. The van der Waals surface area contributed by atoms with Crippen LogP contribution < -0.4 is 16.0 Å². The molecule has 0 radical (unpaired) electrons. The molecule has 0 unspecified atom stereocenters. The first-order valence-corrected chi connectivity index (χ1v) is 7.03. The number of amides is 1. The minimum atomic E-state index is -0.314. The lowest BCUT2D eigenvalue weighted by molar-refractivity contribution is 0.0953. The molecule has 20 heavy (non-hydrogen) atoms. The van der Waals surface area contributed by atoms with Gasteiger partial charge >= 0.3 is 0 Å². The zero-order valence-electron chi connectivity index (χ0n) is 12.6. The number of carbonyl (C=O) groups is 1. The van der Waals surface area contributed by atoms with Gasteiger partial charge in [-0.15, -0.1) is 0 Å². The Morgan fingerprint density at radius 3 is 2.80 bits per heavy atom. The van der Waals surface area contributed by atoms with Crippen LogP contribution in [0.1, 0.15) is 31.1 Å². The van der Waals surface area contributed by atoms with Gasteiger partial charge in [0.05, 0.1) is 0 Å². The Kier molecular flexibility index (Phi) is 7.04. The number of ether oxygens (including phenoxy) is 1. The Morgan fingerprint density at radius 1 is 1.45 bits per heavy atom. The third kappa shape index (κ3) is 5.59. The molecular weight excluding hydrogens is 254 g/mol. The minimum Gasteiger partial charge on any atom is -0.492 e. The van der Waals surface area contributed by atoms with Crippen LogP contribution in [-0.4, -0.2) is 37.0 Å². The predicted molar refractivity (Wildman–Crippen MR) is 80.5 cm³/mol. The van der Waals surface area contributed by atoms with E-state index in [-0.39, 0.29) is 5.91 Å². The second kappa shape index (κ2) is 8.55. The molecule has 3 N–H and O–H groups in total. The summed E-state index contributed by atoms with van der Waals surface area (Å²) in [5.74, 6) is 6.13. The van der Waals surface area contributed by atoms with E-state index in [1.54, 1.807) is 18.2 Å². The predicted octanol–water partition coefficient (Wildman–Crippen LogP) is 1.65. The average Bonchev–Trinajstić information content (AvgIpc) is 2.45. The van der Waals surface area contributed by atoms with Crippen LogP contribution in [0.4, 0.5) is 0 Å². The number of nitrogens with one attached hydrogen (secondary N) is 1. The van der Waals surface area contributed by atoms with Gasteiger partial charge in [-0.1, -0.05) is 26.8 Å². The van der Waals surface area contributed by atoms with Crippen molar-refractivity contribution in [2.24, 2.45) is 11.8 Å². The molecule has 112 valence electrons. The highest BCUT2D eigenvalue weighted by atomic mass is 16.5. The van der Waals surface area contributed by atoms with E-state index in [9.17, 15) is 4.79 Å². The molecule has 0 bridgehead atoms. The number of benzene rings is 1. The molecule has 0 aliphatic rings. The summed E-state index contributed by atoms with van der Waals surface area (Å²) in [5, 5.41) is 0. The highest BCUT2D eigenvalue weighted by Gasteiger charge is 2.07. The zero-order valence-corrected chi connectivity index (χ0v) is 12.6. The summed E-state index contributed by atoms with van der Waals surface area (Å²) in [6, 6.07) is 7.02. The summed E-state index contributed by atoms with van der Waals surface area (Å²) in [7, 11) is 0. The highest BCUT2D eigenvalue weighted by Crippen LogP contribution is 2.13. The molecule has 5 heteroatoms. The summed E-state index contributed by atoms with van der Waals surface area (Å²) in [4.78, 5) is 13.8. The molecule has 0 aromatic heterocycles. The van der Waals surface area contributed by atoms with Crippen molar-refractivity contribution in [1.29, 1.82) is 0 Å². The van der Waals surface area contributed by atoms with Gasteiger partial charge in [0.1, 0.15) is 12.4 Å². The molecule has 5 nitrogen and oxygen atoms in total. The number of hydrazine groups is 1. The van der Waals surface area contributed by atoms with E-state index in [2.05, 4.69) is 31.1 Å². The molecule has 0 fully saturated rings. The van der Waals surface area contributed by atoms with Crippen LogP contribution in [0.2, 0.25) is 0 Å². The van der Waals surface area contributed by atoms with Crippen LogP contribution in [0.3, 0.4) is 0 Å². The van der Waals surface area contributed by atoms with E-state index in [0.717, 1.165) is 19.6 Å². The Morgan fingerprint density at radius 2 is 2.20 bits per heavy atom. The van der Waals surface area contributed by atoms with E-state index in [0.29, 0.717) is 23.8 Å². The third-order valence-corrected chi connectivity index (χ3v) is 2.97. The van der Waals surface area contributed by atoms with Crippen molar-refractivity contribution in [3.8, 4) is 5.75 Å². The van der Waals surface area contributed by atoms with Crippen molar-refractivity contribution in [1.82, 2.24) is 10.3 Å². The van der Waals surface area contributed by atoms with Crippen LogP contribution >= 0.6 is 0 Å². The smallest absolute Gasteiger partial charge is 0.265 e. The first-order chi connectivity index (χ1) is 9.56. The normalized spacial score (nSPS) is 10.9. The molecule has 0 saturated carbocycles. The van der Waals surface area contributed by atoms with Crippen LogP contribution in [0.25, 0.3) is 0 Å². The zero-order chi connectivity index (χ0) is 15.0. The molecule has 0 spiro atoms. The molecule has 0 heterocycles. The molecule has 0 aliphatic carbocycles. The van der Waals surface area contributed by atoms with Crippen molar-refractivity contribution in [2.45, 2.75) is 20.8 Å². The lowest BCUT2D eigenvalue weighted by Gasteiger charge is -2.22. The quantitative estimate of drug-likeness (QED) is 0.431. The Hall–Kier alpha value is -1.59. The van der Waals surface area contributed by atoms with Crippen LogP contribution in [0.5, 0.6) is 5.75 Å². The van der Waals surface area contributed by atoms with Crippen molar-refractivity contribution < 1.29 is 9.53 Å². The lowest BCUT2D eigenvalue weighted by Crippen LogP contribution is -2.31. The summed E-state index contributed by atoms with van der Waals surface area (Å²) >= 11 is 0. The molecule has 0 saturated heterocycles. The first kappa shape index (κ1) is 16.5. The largest absolute Gasteiger partial charge is 0.492 e. The van der Waals surface area contributed by atoms with Crippen molar-refractivity contribution in [2.75, 3.05) is 26.2 Å². The van der Waals surface area contributed by atoms with Crippen molar-refractivity contribution in [3.05, 3.63) is 29.8 Å². The molecule has 1 amide bonds. The molecule has 1 rings (SSSR count). The summed E-state index contributed by atoms with van der Waals surface area (Å²) < 4.78 is 5.69. The van der Waals surface area contributed by atoms with Gasteiger partial charge in [-0.2, -0.15) is 0 Å². The van der Waals surface area contributed by atoms with Gasteiger partial charge in [-0.05, 0) is 30.7 Å². The number of nitrogen functional groups attached to an aromatic ring is 1. The van der Waals surface area contributed by atoms with Gasteiger partial charge in [0.2, 0.25) is 0 Å². The molecule has 1 aromatic rings. The van der Waals surface area contributed by atoms with Gasteiger partial charge < -0.3 is 4.74 Å². The van der Waals surface area contributed by atoms with Crippen LogP contribution in [-0.2, 0) is 0 Å². The summed E-state index contributed by atoms with van der Waals surface area (Å²) in [5.41, 5.74) is 2.61. The fourth-order valence-electron chi connectivity index (χ4n) is 2.00. The van der Waals surface area contributed by atoms with Crippen LogP contribution in [0, 0.1) is 5.92 Å². The first-order valence-electron chi connectivity index (χ1n) is 7.03. The maximum atomic E-state index is 11.4. The van der Waals surface area contributed by atoms with E-state index in [1.165, 1.54) is 0 Å². The maximum Gasteiger partial charge on any atom is 0.265 e. The van der Waals surface area contributed by atoms with E-state index < -0.39 is 0 Å². The number of hydrogen-bond acceptors (Lipinski definition) is 4. The Bertz CT molecular complexity index is 421. The van der Waals surface area contributed by atoms with Crippen molar-refractivity contribution >= 4 is 5.91 Å².